The average molecular weight is 349 g/mol. The van der Waals surface area contributed by atoms with Crippen LogP contribution in [0.15, 0.2) is 30.7 Å². The van der Waals surface area contributed by atoms with Crippen molar-refractivity contribution in [2.75, 3.05) is 11.4 Å². The van der Waals surface area contributed by atoms with Crippen LogP contribution in [0.3, 0.4) is 0 Å². The molecule has 0 aromatic carbocycles. The first kappa shape index (κ1) is 15.6. The SMILES string of the molecule is C[C@H]1CC[C@@H](C(=O)NC2CC2)CN1c1cc[nH]c2cnc3nccc3c12. The van der Waals surface area contributed by atoms with Crippen molar-refractivity contribution in [1.82, 2.24) is 20.3 Å². The maximum atomic E-state index is 12.6. The largest absolute Gasteiger partial charge is 0.367 e. The lowest BCUT2D eigenvalue weighted by molar-refractivity contribution is -0.125. The fourth-order valence-electron chi connectivity index (χ4n) is 4.08. The predicted molar refractivity (Wildman–Crippen MR) is 102 cm³/mol. The van der Waals surface area contributed by atoms with Crippen LogP contribution in [-0.4, -0.2) is 39.5 Å². The van der Waals surface area contributed by atoms with E-state index in [1.807, 2.05) is 18.5 Å². The molecule has 1 aliphatic carbocycles. The third-order valence-corrected chi connectivity index (χ3v) is 5.76. The minimum atomic E-state index is 0.0566. The lowest BCUT2D eigenvalue weighted by Gasteiger charge is -2.39. The first-order chi connectivity index (χ1) is 12.7. The quantitative estimate of drug-likeness (QED) is 0.762. The zero-order valence-corrected chi connectivity index (χ0v) is 14.9. The summed E-state index contributed by atoms with van der Waals surface area (Å²) in [5.41, 5.74) is 2.93. The van der Waals surface area contributed by atoms with E-state index in [-0.39, 0.29) is 11.8 Å². The second kappa shape index (κ2) is 5.97. The van der Waals surface area contributed by atoms with Gasteiger partial charge < -0.3 is 15.2 Å². The van der Waals surface area contributed by atoms with Gasteiger partial charge in [0.05, 0.1) is 17.6 Å². The van der Waals surface area contributed by atoms with Crippen molar-refractivity contribution in [3.8, 4) is 0 Å². The van der Waals surface area contributed by atoms with E-state index in [9.17, 15) is 4.79 Å². The molecule has 2 atom stereocenters. The Balaban J connectivity index is 1.54. The molecular weight excluding hydrogens is 326 g/mol. The molecule has 0 bridgehead atoms. The first-order valence-electron chi connectivity index (χ1n) is 9.48. The maximum Gasteiger partial charge on any atom is 0.225 e. The number of hydrogen-bond acceptors (Lipinski definition) is 4. The summed E-state index contributed by atoms with van der Waals surface area (Å²) < 4.78 is 0. The van der Waals surface area contributed by atoms with E-state index in [2.05, 4.69) is 38.2 Å². The molecule has 1 aliphatic heterocycles. The van der Waals surface area contributed by atoms with Crippen molar-refractivity contribution in [2.45, 2.75) is 44.7 Å². The lowest BCUT2D eigenvalue weighted by Crippen LogP contribution is -2.47. The molecule has 134 valence electrons. The Kier molecular flexibility index (Phi) is 3.58. The molecule has 3 aromatic rings. The Morgan fingerprint density at radius 2 is 2.12 bits per heavy atom. The number of nitrogens with one attached hydrogen (secondary N) is 2. The van der Waals surface area contributed by atoms with Crippen molar-refractivity contribution in [3.63, 3.8) is 0 Å². The molecule has 1 saturated heterocycles. The highest BCUT2D eigenvalue weighted by molar-refractivity contribution is 6.10. The molecule has 1 amide bonds. The number of carbonyl (C=O) groups is 1. The zero-order chi connectivity index (χ0) is 17.7. The van der Waals surface area contributed by atoms with Crippen LogP contribution in [0.1, 0.15) is 32.6 Å². The topological polar surface area (TPSA) is 73.9 Å². The number of amides is 1. The summed E-state index contributed by atoms with van der Waals surface area (Å²) in [6, 6.07) is 4.96. The number of hydrogen-bond donors (Lipinski definition) is 2. The summed E-state index contributed by atoms with van der Waals surface area (Å²) in [4.78, 5) is 27.1. The van der Waals surface area contributed by atoms with Gasteiger partial charge in [-0.3, -0.25) is 4.79 Å². The molecule has 2 fully saturated rings. The number of anilines is 1. The second-order valence-electron chi connectivity index (χ2n) is 7.65. The van der Waals surface area contributed by atoms with Crippen molar-refractivity contribution >= 4 is 33.5 Å². The van der Waals surface area contributed by atoms with Crippen LogP contribution in [0.2, 0.25) is 0 Å². The Morgan fingerprint density at radius 3 is 2.96 bits per heavy atom. The second-order valence-corrected chi connectivity index (χ2v) is 7.65. The number of nitrogens with zero attached hydrogens (tertiary/aromatic N) is 3. The fourth-order valence-corrected chi connectivity index (χ4v) is 4.08. The molecule has 0 unspecified atom stereocenters. The van der Waals surface area contributed by atoms with E-state index in [1.54, 1.807) is 6.20 Å². The fraction of sp³-hybridized carbons (Fsp3) is 0.450. The Labute approximate surface area is 152 Å². The van der Waals surface area contributed by atoms with Crippen LogP contribution >= 0.6 is 0 Å². The first-order valence-corrected chi connectivity index (χ1v) is 9.48. The van der Waals surface area contributed by atoms with Crippen LogP contribution in [-0.2, 0) is 4.79 Å². The van der Waals surface area contributed by atoms with Gasteiger partial charge in [-0.15, -0.1) is 0 Å². The van der Waals surface area contributed by atoms with Crippen LogP contribution < -0.4 is 10.2 Å². The van der Waals surface area contributed by atoms with Gasteiger partial charge >= 0.3 is 0 Å². The number of fused-ring (bicyclic) bond motifs is 3. The number of piperidine rings is 1. The van der Waals surface area contributed by atoms with E-state index >= 15 is 0 Å². The van der Waals surface area contributed by atoms with Crippen LogP contribution in [0.4, 0.5) is 5.69 Å². The number of carbonyl (C=O) groups excluding carboxylic acids is 1. The van der Waals surface area contributed by atoms with Crippen LogP contribution in [0.25, 0.3) is 21.9 Å². The smallest absolute Gasteiger partial charge is 0.225 e. The number of pyridine rings is 2. The third kappa shape index (κ3) is 2.60. The molecule has 5 rings (SSSR count). The lowest BCUT2D eigenvalue weighted by atomic mass is 9.91. The molecule has 2 N–H and O–H groups in total. The van der Waals surface area contributed by atoms with Gasteiger partial charge in [-0.25, -0.2) is 9.97 Å². The molecule has 6 nitrogen and oxygen atoms in total. The summed E-state index contributed by atoms with van der Waals surface area (Å²) in [7, 11) is 0. The summed E-state index contributed by atoms with van der Waals surface area (Å²) in [5, 5.41) is 5.39. The highest BCUT2D eigenvalue weighted by atomic mass is 16.2. The molecular formula is C20H23N5O. The van der Waals surface area contributed by atoms with Crippen molar-refractivity contribution in [1.29, 1.82) is 0 Å². The van der Waals surface area contributed by atoms with Crippen molar-refractivity contribution in [2.24, 2.45) is 5.92 Å². The molecule has 1 saturated carbocycles. The van der Waals surface area contributed by atoms with Crippen molar-refractivity contribution < 1.29 is 4.79 Å². The molecule has 3 aromatic heterocycles. The van der Waals surface area contributed by atoms with E-state index in [4.69, 9.17) is 0 Å². The zero-order valence-electron chi connectivity index (χ0n) is 14.9. The van der Waals surface area contributed by atoms with E-state index in [0.29, 0.717) is 12.1 Å². The number of aromatic nitrogens is 3. The van der Waals surface area contributed by atoms with E-state index < -0.39 is 0 Å². The van der Waals surface area contributed by atoms with Crippen LogP contribution in [0.5, 0.6) is 0 Å². The highest BCUT2D eigenvalue weighted by Gasteiger charge is 2.33. The number of aromatic amines is 1. The van der Waals surface area contributed by atoms with Crippen molar-refractivity contribution in [3.05, 3.63) is 30.7 Å². The standard InChI is InChI=1S/C20H23N5O/c1-12-2-3-13(20(26)24-14-4-5-14)11-25(12)17-7-9-21-16-10-23-19-15(18(16)17)6-8-22-19/h6-10,12-14,21H,2-5,11H2,1H3,(H,24,26)/t12-,13+/m0/s1. The predicted octanol–water partition coefficient (Wildman–Crippen LogP) is 2.99. The Bertz CT molecular complexity index is 977. The Hall–Kier alpha value is -2.63. The van der Waals surface area contributed by atoms with Crippen LogP contribution in [0, 0.1) is 5.92 Å². The number of rotatable bonds is 3. The van der Waals surface area contributed by atoms with Gasteiger partial charge in [0.25, 0.3) is 0 Å². The molecule has 0 spiro atoms. The number of H-pyrrole nitrogens is 1. The Morgan fingerprint density at radius 1 is 1.23 bits per heavy atom. The molecule has 26 heavy (non-hydrogen) atoms. The van der Waals surface area contributed by atoms with Gasteiger partial charge in [-0.05, 0) is 44.7 Å². The van der Waals surface area contributed by atoms with Gasteiger partial charge in [0.1, 0.15) is 0 Å². The summed E-state index contributed by atoms with van der Waals surface area (Å²) in [6.45, 7) is 3.01. The van der Waals surface area contributed by atoms with E-state index in [1.165, 1.54) is 0 Å². The van der Waals surface area contributed by atoms with Gasteiger partial charge in [0.15, 0.2) is 5.65 Å². The summed E-state index contributed by atoms with van der Waals surface area (Å²) >= 11 is 0. The normalized spacial score (nSPS) is 23.5. The summed E-state index contributed by atoms with van der Waals surface area (Å²) in [6.07, 6.45) is 9.86. The maximum absolute atomic E-state index is 12.6. The molecule has 2 aliphatic rings. The minimum Gasteiger partial charge on any atom is -0.367 e. The third-order valence-electron chi connectivity index (χ3n) is 5.76. The monoisotopic (exact) mass is 349 g/mol. The molecule has 6 heteroatoms. The van der Waals surface area contributed by atoms with Gasteiger partial charge in [-0.2, -0.15) is 0 Å². The summed E-state index contributed by atoms with van der Waals surface area (Å²) in [5.74, 6) is 0.277. The highest BCUT2D eigenvalue weighted by Crippen LogP contribution is 2.35. The van der Waals surface area contributed by atoms with Gasteiger partial charge in [-0.1, -0.05) is 0 Å². The molecule has 4 heterocycles. The van der Waals surface area contributed by atoms with Gasteiger partial charge in [0, 0.05) is 47.5 Å². The average Bonchev–Trinajstić information content (AvgIpc) is 3.33. The molecule has 0 radical (unpaired) electrons. The minimum absolute atomic E-state index is 0.0566. The van der Waals surface area contributed by atoms with Gasteiger partial charge in [0.2, 0.25) is 5.91 Å². The van der Waals surface area contributed by atoms with E-state index in [0.717, 1.165) is 59.9 Å².